The van der Waals surface area contributed by atoms with Gasteiger partial charge in [0, 0.05) is 0 Å². The molecule has 0 bridgehead atoms. The number of aldehydes is 1. The van der Waals surface area contributed by atoms with Crippen molar-refractivity contribution in [2.75, 3.05) is 5.73 Å². The van der Waals surface area contributed by atoms with E-state index in [0.29, 0.717) is 6.29 Å². The van der Waals surface area contributed by atoms with Gasteiger partial charge in [0.25, 0.3) is 6.43 Å². The van der Waals surface area contributed by atoms with Gasteiger partial charge in [0.1, 0.15) is 10.3 Å². The van der Waals surface area contributed by atoms with Crippen molar-refractivity contribution in [3.05, 3.63) is 21.9 Å². The van der Waals surface area contributed by atoms with E-state index in [1.54, 1.807) is 0 Å². The summed E-state index contributed by atoms with van der Waals surface area (Å²) in [6.07, 6.45) is -2.25. The number of nitrogens with zero attached hydrogens (tertiary/aromatic N) is 1. The van der Waals surface area contributed by atoms with Crippen LogP contribution in [0.5, 0.6) is 0 Å². The summed E-state index contributed by atoms with van der Waals surface area (Å²) in [6, 6.07) is 1.03. The molecule has 0 aromatic carbocycles. The minimum absolute atomic E-state index is 0.0451. The highest BCUT2D eigenvalue weighted by atomic mass is 79.9. The summed E-state index contributed by atoms with van der Waals surface area (Å²) in [5.41, 5.74) is 4.88. The number of pyridine rings is 1. The van der Waals surface area contributed by atoms with E-state index in [-0.39, 0.29) is 21.5 Å². The van der Waals surface area contributed by atoms with Crippen LogP contribution in [0.25, 0.3) is 0 Å². The average molecular weight is 251 g/mol. The van der Waals surface area contributed by atoms with Crippen LogP contribution >= 0.6 is 15.9 Å². The molecule has 0 fully saturated rings. The van der Waals surface area contributed by atoms with Crippen molar-refractivity contribution >= 4 is 27.9 Å². The van der Waals surface area contributed by atoms with Crippen molar-refractivity contribution in [1.29, 1.82) is 0 Å². The summed E-state index contributed by atoms with van der Waals surface area (Å²) in [5, 5.41) is 0. The summed E-state index contributed by atoms with van der Waals surface area (Å²) in [4.78, 5) is 13.9. The maximum Gasteiger partial charge on any atom is 0.266 e. The minimum Gasteiger partial charge on any atom is -0.397 e. The van der Waals surface area contributed by atoms with Gasteiger partial charge in [0.05, 0.1) is 11.3 Å². The van der Waals surface area contributed by atoms with Crippen molar-refractivity contribution in [3.63, 3.8) is 0 Å². The maximum atomic E-state index is 12.2. The summed E-state index contributed by atoms with van der Waals surface area (Å²) in [7, 11) is 0. The Hall–Kier alpha value is -1.04. The van der Waals surface area contributed by atoms with E-state index in [2.05, 4.69) is 20.9 Å². The Bertz CT molecular complexity index is 344. The molecule has 0 atom stereocenters. The summed E-state index contributed by atoms with van der Waals surface area (Å²) >= 11 is 2.82. The van der Waals surface area contributed by atoms with E-state index in [1.807, 2.05) is 0 Å². The molecular formula is C7H5BrF2N2O. The molecule has 1 heterocycles. The molecule has 0 radical (unpaired) electrons. The third-order valence-electron chi connectivity index (χ3n) is 1.41. The largest absolute Gasteiger partial charge is 0.397 e. The van der Waals surface area contributed by atoms with Crippen LogP contribution in [0.3, 0.4) is 0 Å². The maximum absolute atomic E-state index is 12.2. The number of carbonyl (C=O) groups excluding carboxylic acids is 1. The van der Waals surface area contributed by atoms with Crippen LogP contribution in [0, 0.1) is 0 Å². The summed E-state index contributed by atoms with van der Waals surface area (Å²) in [6.45, 7) is 0. The van der Waals surface area contributed by atoms with E-state index >= 15 is 0 Å². The van der Waals surface area contributed by atoms with Gasteiger partial charge in [0.2, 0.25) is 0 Å². The molecule has 2 N–H and O–H groups in total. The van der Waals surface area contributed by atoms with Crippen molar-refractivity contribution in [1.82, 2.24) is 4.98 Å². The molecule has 0 aliphatic rings. The molecule has 0 aliphatic heterocycles. The first-order chi connectivity index (χ1) is 6.06. The topological polar surface area (TPSA) is 56.0 Å². The van der Waals surface area contributed by atoms with Crippen LogP contribution in [-0.4, -0.2) is 11.3 Å². The van der Waals surface area contributed by atoms with Gasteiger partial charge < -0.3 is 5.73 Å². The van der Waals surface area contributed by atoms with E-state index in [0.717, 1.165) is 6.07 Å². The minimum atomic E-state index is -2.66. The van der Waals surface area contributed by atoms with Gasteiger partial charge in [-0.05, 0) is 22.0 Å². The van der Waals surface area contributed by atoms with Crippen LogP contribution in [0.2, 0.25) is 0 Å². The molecule has 1 aromatic heterocycles. The molecule has 0 aliphatic carbocycles. The number of anilines is 1. The first-order valence-electron chi connectivity index (χ1n) is 3.25. The molecule has 6 heteroatoms. The number of aromatic nitrogens is 1. The highest BCUT2D eigenvalue weighted by molar-refractivity contribution is 9.10. The first-order valence-corrected chi connectivity index (χ1v) is 4.04. The Labute approximate surface area is 81.1 Å². The molecule has 1 aromatic rings. The van der Waals surface area contributed by atoms with Crippen molar-refractivity contribution in [2.45, 2.75) is 6.43 Å². The van der Waals surface area contributed by atoms with Crippen LogP contribution in [-0.2, 0) is 0 Å². The number of rotatable bonds is 2. The van der Waals surface area contributed by atoms with Crippen LogP contribution < -0.4 is 5.73 Å². The second-order valence-corrected chi connectivity index (χ2v) is 3.01. The molecule has 3 nitrogen and oxygen atoms in total. The van der Waals surface area contributed by atoms with Crippen LogP contribution in [0.15, 0.2) is 10.7 Å². The van der Waals surface area contributed by atoms with Crippen LogP contribution in [0.1, 0.15) is 22.5 Å². The number of nitrogen functional groups attached to an aromatic ring is 1. The van der Waals surface area contributed by atoms with Gasteiger partial charge in [-0.3, -0.25) is 4.79 Å². The number of hydrogen-bond acceptors (Lipinski definition) is 3. The fraction of sp³-hybridized carbons (Fsp3) is 0.143. The highest BCUT2D eigenvalue weighted by Gasteiger charge is 2.15. The lowest BCUT2D eigenvalue weighted by Crippen LogP contribution is -2.00. The number of alkyl halides is 2. The molecule has 70 valence electrons. The third kappa shape index (κ3) is 2.00. The number of nitrogens with two attached hydrogens (primary N) is 1. The molecule has 0 saturated heterocycles. The Balaban J connectivity index is 3.28. The van der Waals surface area contributed by atoms with E-state index in [1.165, 1.54) is 0 Å². The summed E-state index contributed by atoms with van der Waals surface area (Å²) in [5.74, 6) is 0. The van der Waals surface area contributed by atoms with Crippen LogP contribution in [0.4, 0.5) is 14.5 Å². The second kappa shape index (κ2) is 3.78. The van der Waals surface area contributed by atoms with Crippen molar-refractivity contribution in [2.24, 2.45) is 0 Å². The van der Waals surface area contributed by atoms with E-state index in [9.17, 15) is 13.6 Å². The standard InChI is InChI=1S/C7H5BrF2N2O/c8-6-3(7(9)10)1-4(11)5(2-13)12-6/h1-2,7H,11H2. The first kappa shape index (κ1) is 10.0. The zero-order valence-electron chi connectivity index (χ0n) is 6.30. The quantitative estimate of drug-likeness (QED) is 0.647. The number of carbonyl (C=O) groups is 1. The van der Waals surface area contributed by atoms with Gasteiger partial charge in [-0.2, -0.15) is 0 Å². The lowest BCUT2D eigenvalue weighted by atomic mass is 10.2. The zero-order valence-corrected chi connectivity index (χ0v) is 7.88. The van der Waals surface area contributed by atoms with E-state index in [4.69, 9.17) is 5.73 Å². The molecule has 0 spiro atoms. The fourth-order valence-corrected chi connectivity index (χ4v) is 1.26. The van der Waals surface area contributed by atoms with Gasteiger partial charge in [-0.1, -0.05) is 0 Å². The molecule has 13 heavy (non-hydrogen) atoms. The predicted octanol–water partition coefficient (Wildman–Crippen LogP) is 2.18. The zero-order chi connectivity index (χ0) is 10.0. The molecule has 0 saturated carbocycles. The Morgan fingerprint density at radius 2 is 2.23 bits per heavy atom. The SMILES string of the molecule is Nc1cc(C(F)F)c(Br)nc1C=O. The third-order valence-corrected chi connectivity index (χ3v) is 2.05. The molecule has 0 amide bonds. The van der Waals surface area contributed by atoms with Gasteiger partial charge in [0.15, 0.2) is 6.29 Å². The highest BCUT2D eigenvalue weighted by Crippen LogP contribution is 2.28. The smallest absolute Gasteiger partial charge is 0.266 e. The average Bonchev–Trinajstić information content (AvgIpc) is 2.07. The van der Waals surface area contributed by atoms with Gasteiger partial charge in [-0.15, -0.1) is 0 Å². The van der Waals surface area contributed by atoms with Gasteiger partial charge >= 0.3 is 0 Å². The van der Waals surface area contributed by atoms with Crippen molar-refractivity contribution < 1.29 is 13.6 Å². The number of halogens is 3. The number of hydrogen-bond donors (Lipinski definition) is 1. The van der Waals surface area contributed by atoms with E-state index < -0.39 is 6.43 Å². The normalized spacial score (nSPS) is 10.5. The second-order valence-electron chi connectivity index (χ2n) is 2.26. The monoisotopic (exact) mass is 250 g/mol. The molecular weight excluding hydrogens is 246 g/mol. The van der Waals surface area contributed by atoms with Gasteiger partial charge in [-0.25, -0.2) is 13.8 Å². The Kier molecular flexibility index (Phi) is 2.92. The lowest BCUT2D eigenvalue weighted by Gasteiger charge is -2.04. The summed E-state index contributed by atoms with van der Waals surface area (Å²) < 4.78 is 24.4. The fourth-order valence-electron chi connectivity index (χ4n) is 0.783. The predicted molar refractivity (Wildman–Crippen MR) is 46.7 cm³/mol. The Morgan fingerprint density at radius 1 is 1.62 bits per heavy atom. The molecule has 0 unspecified atom stereocenters. The van der Waals surface area contributed by atoms with Crippen molar-refractivity contribution in [3.8, 4) is 0 Å². The lowest BCUT2D eigenvalue weighted by molar-refractivity contribution is 0.111. The Morgan fingerprint density at radius 3 is 2.69 bits per heavy atom. The molecule has 1 rings (SSSR count).